The van der Waals surface area contributed by atoms with Crippen LogP contribution in [0.5, 0.6) is 11.5 Å². The van der Waals surface area contributed by atoms with E-state index >= 15 is 0 Å². The van der Waals surface area contributed by atoms with Gasteiger partial charge in [0.2, 0.25) is 5.16 Å². The van der Waals surface area contributed by atoms with Gasteiger partial charge in [0, 0.05) is 12.2 Å². The van der Waals surface area contributed by atoms with Crippen molar-refractivity contribution >= 4 is 23.4 Å². The van der Waals surface area contributed by atoms with E-state index in [0.717, 1.165) is 41.5 Å². The first-order valence-electron chi connectivity index (χ1n) is 8.80. The summed E-state index contributed by atoms with van der Waals surface area (Å²) < 4.78 is 13.4. The zero-order valence-corrected chi connectivity index (χ0v) is 15.6. The zero-order chi connectivity index (χ0) is 17.1. The molecule has 0 unspecified atom stereocenters. The molecule has 134 valence electrons. The molecule has 2 aromatic rings. The number of rotatable bonds is 4. The Balaban J connectivity index is 1.48. The smallest absolute Gasteiger partial charge is 0.209 e. The van der Waals surface area contributed by atoms with Crippen molar-refractivity contribution in [1.29, 1.82) is 0 Å². The topological polar surface area (TPSA) is 62.1 Å². The van der Waals surface area contributed by atoms with Crippen molar-refractivity contribution in [3.8, 4) is 11.5 Å². The van der Waals surface area contributed by atoms with Gasteiger partial charge in [-0.05, 0) is 41.0 Å². The molecular formula is C17H21ClN4O2S. The van der Waals surface area contributed by atoms with Crippen molar-refractivity contribution in [1.82, 2.24) is 20.2 Å². The van der Waals surface area contributed by atoms with E-state index in [-0.39, 0.29) is 0 Å². The molecule has 1 saturated carbocycles. The van der Waals surface area contributed by atoms with Crippen LogP contribution >= 0.6 is 23.4 Å². The Hall–Kier alpha value is -1.47. The fraction of sp³-hybridized carbons (Fsp3) is 0.588. The normalized spacial score (nSPS) is 18.1. The molecule has 1 aromatic carbocycles. The molecule has 0 amide bonds. The third-order valence-electron chi connectivity index (χ3n) is 4.61. The predicted octanol–water partition coefficient (Wildman–Crippen LogP) is 4.29. The average molecular weight is 381 g/mol. The van der Waals surface area contributed by atoms with Gasteiger partial charge in [0.05, 0.1) is 24.3 Å². The fourth-order valence-corrected chi connectivity index (χ4v) is 4.51. The van der Waals surface area contributed by atoms with Gasteiger partial charge >= 0.3 is 0 Å². The minimum Gasteiger partial charge on any atom is -0.489 e. The SMILES string of the molecule is Clc1cc(CSc2nnnn2C2CCCCC2)cc2c1OCCCO2. The summed E-state index contributed by atoms with van der Waals surface area (Å²) in [4.78, 5) is 0. The highest BCUT2D eigenvalue weighted by Gasteiger charge is 2.21. The Morgan fingerprint density at radius 3 is 2.84 bits per heavy atom. The monoisotopic (exact) mass is 380 g/mol. The molecule has 0 radical (unpaired) electrons. The minimum atomic E-state index is 0.429. The zero-order valence-electron chi connectivity index (χ0n) is 14.0. The number of hydrogen-bond donors (Lipinski definition) is 0. The van der Waals surface area contributed by atoms with Gasteiger partial charge in [0.1, 0.15) is 0 Å². The van der Waals surface area contributed by atoms with E-state index in [1.807, 2.05) is 16.8 Å². The number of hydrogen-bond acceptors (Lipinski definition) is 6. The van der Waals surface area contributed by atoms with Crippen molar-refractivity contribution in [3.63, 3.8) is 0 Å². The van der Waals surface area contributed by atoms with E-state index in [9.17, 15) is 0 Å². The van der Waals surface area contributed by atoms with Gasteiger partial charge in [-0.3, -0.25) is 0 Å². The molecule has 1 aliphatic carbocycles. The first-order chi connectivity index (χ1) is 12.3. The summed E-state index contributed by atoms with van der Waals surface area (Å²) >= 11 is 8.01. The number of nitrogens with zero attached hydrogens (tertiary/aromatic N) is 4. The van der Waals surface area contributed by atoms with E-state index in [1.165, 1.54) is 19.3 Å². The molecule has 0 bridgehead atoms. The molecular weight excluding hydrogens is 360 g/mol. The first-order valence-corrected chi connectivity index (χ1v) is 10.2. The summed E-state index contributed by atoms with van der Waals surface area (Å²) in [5, 5.41) is 13.8. The number of thioether (sulfide) groups is 1. The summed E-state index contributed by atoms with van der Waals surface area (Å²) in [5.41, 5.74) is 1.08. The Kier molecular flexibility index (Phi) is 5.31. The van der Waals surface area contributed by atoms with Crippen LogP contribution in [0.2, 0.25) is 5.02 Å². The lowest BCUT2D eigenvalue weighted by Crippen LogP contribution is -2.15. The Labute approximate surface area is 156 Å². The van der Waals surface area contributed by atoms with Crippen LogP contribution in [0.3, 0.4) is 0 Å². The summed E-state index contributed by atoms with van der Waals surface area (Å²) in [6, 6.07) is 4.38. The van der Waals surface area contributed by atoms with Crippen molar-refractivity contribution in [3.05, 3.63) is 22.7 Å². The van der Waals surface area contributed by atoms with E-state index in [0.29, 0.717) is 30.0 Å². The van der Waals surface area contributed by atoms with Crippen LogP contribution in [0.1, 0.15) is 50.1 Å². The van der Waals surface area contributed by atoms with Crippen LogP contribution in [0.15, 0.2) is 17.3 Å². The standard InChI is InChI=1S/C17H21ClN4O2S/c18-14-9-12(10-15-16(14)24-8-4-7-23-15)11-25-17-19-20-21-22(17)13-5-2-1-3-6-13/h9-10,13H,1-8,11H2. The molecule has 6 nitrogen and oxygen atoms in total. The summed E-state index contributed by atoms with van der Waals surface area (Å²) in [5.74, 6) is 2.12. The van der Waals surface area contributed by atoms with E-state index in [1.54, 1.807) is 11.8 Å². The number of fused-ring (bicyclic) bond motifs is 1. The molecule has 1 aliphatic heterocycles. The maximum atomic E-state index is 6.37. The second-order valence-electron chi connectivity index (χ2n) is 6.44. The third kappa shape index (κ3) is 3.87. The van der Waals surface area contributed by atoms with Crippen LogP contribution in [0.4, 0.5) is 0 Å². The van der Waals surface area contributed by atoms with Crippen LogP contribution in [0.25, 0.3) is 0 Å². The van der Waals surface area contributed by atoms with Crippen LogP contribution in [-0.2, 0) is 5.75 Å². The van der Waals surface area contributed by atoms with Gasteiger partial charge in [-0.2, -0.15) is 0 Å². The number of halogens is 1. The van der Waals surface area contributed by atoms with Gasteiger partial charge in [-0.15, -0.1) is 5.10 Å². The first kappa shape index (κ1) is 17.0. The van der Waals surface area contributed by atoms with E-state index in [4.69, 9.17) is 21.1 Å². The summed E-state index contributed by atoms with van der Waals surface area (Å²) in [6.45, 7) is 1.29. The van der Waals surface area contributed by atoms with Crippen molar-refractivity contribution in [2.75, 3.05) is 13.2 Å². The highest BCUT2D eigenvalue weighted by Crippen LogP contribution is 2.39. The highest BCUT2D eigenvalue weighted by molar-refractivity contribution is 7.98. The van der Waals surface area contributed by atoms with Gasteiger partial charge < -0.3 is 9.47 Å². The van der Waals surface area contributed by atoms with Gasteiger partial charge in [-0.25, -0.2) is 4.68 Å². The molecule has 0 N–H and O–H groups in total. The largest absolute Gasteiger partial charge is 0.489 e. The quantitative estimate of drug-likeness (QED) is 0.737. The average Bonchev–Trinajstić information content (AvgIpc) is 2.98. The van der Waals surface area contributed by atoms with Crippen LogP contribution < -0.4 is 9.47 Å². The maximum absolute atomic E-state index is 6.37. The summed E-state index contributed by atoms with van der Waals surface area (Å²) in [6.07, 6.45) is 7.02. The minimum absolute atomic E-state index is 0.429. The number of benzene rings is 1. The van der Waals surface area contributed by atoms with Crippen molar-refractivity contribution in [2.45, 2.75) is 55.5 Å². The molecule has 0 spiro atoms. The molecule has 1 fully saturated rings. The number of tetrazole rings is 1. The van der Waals surface area contributed by atoms with Gasteiger partial charge in [0.15, 0.2) is 11.5 Å². The second-order valence-corrected chi connectivity index (χ2v) is 7.79. The van der Waals surface area contributed by atoms with Gasteiger partial charge in [-0.1, -0.05) is 42.6 Å². The summed E-state index contributed by atoms with van der Waals surface area (Å²) in [7, 11) is 0. The molecule has 4 rings (SSSR count). The fourth-order valence-electron chi connectivity index (χ4n) is 3.35. The van der Waals surface area contributed by atoms with E-state index < -0.39 is 0 Å². The Morgan fingerprint density at radius 1 is 1.12 bits per heavy atom. The van der Waals surface area contributed by atoms with Crippen molar-refractivity contribution in [2.24, 2.45) is 0 Å². The lowest BCUT2D eigenvalue weighted by Gasteiger charge is -2.22. The molecule has 2 heterocycles. The molecule has 8 heteroatoms. The predicted molar refractivity (Wildman–Crippen MR) is 96.6 cm³/mol. The molecule has 2 aliphatic rings. The maximum Gasteiger partial charge on any atom is 0.209 e. The lowest BCUT2D eigenvalue weighted by atomic mass is 9.96. The molecule has 1 aromatic heterocycles. The van der Waals surface area contributed by atoms with Crippen LogP contribution in [0, 0.1) is 0 Å². The molecule has 0 atom stereocenters. The Morgan fingerprint density at radius 2 is 1.96 bits per heavy atom. The molecule has 25 heavy (non-hydrogen) atoms. The number of aromatic nitrogens is 4. The Bertz CT molecular complexity index is 733. The second kappa shape index (κ2) is 7.83. The number of ether oxygens (including phenoxy) is 2. The lowest BCUT2D eigenvalue weighted by molar-refractivity contribution is 0.297. The van der Waals surface area contributed by atoms with Crippen molar-refractivity contribution < 1.29 is 9.47 Å². The third-order valence-corrected chi connectivity index (χ3v) is 5.90. The van der Waals surface area contributed by atoms with E-state index in [2.05, 4.69) is 15.5 Å². The highest BCUT2D eigenvalue weighted by atomic mass is 35.5. The van der Waals surface area contributed by atoms with Gasteiger partial charge in [0.25, 0.3) is 0 Å². The molecule has 0 saturated heterocycles. The van der Waals surface area contributed by atoms with Crippen LogP contribution in [-0.4, -0.2) is 33.4 Å².